The Morgan fingerprint density at radius 1 is 1.18 bits per heavy atom. The minimum atomic E-state index is -0.847. The van der Waals surface area contributed by atoms with Gasteiger partial charge in [0.2, 0.25) is 0 Å². The van der Waals surface area contributed by atoms with Crippen LogP contribution in [0.4, 0.5) is 0 Å². The molecule has 1 aromatic carbocycles. The second kappa shape index (κ2) is 5.95. The molecule has 0 radical (unpaired) electrons. The molecule has 4 aromatic heterocycles. The van der Waals surface area contributed by atoms with E-state index in [-0.39, 0.29) is 0 Å². The molecule has 0 bridgehead atoms. The van der Waals surface area contributed by atoms with Crippen molar-refractivity contribution in [1.82, 2.24) is 29.4 Å². The fraction of sp³-hybridized carbons (Fsp3) is 0.200. The molecule has 1 aliphatic carbocycles. The smallest absolute Gasteiger partial charge is 0.141 e. The van der Waals surface area contributed by atoms with Crippen LogP contribution in [-0.2, 0) is 0 Å². The molecule has 0 saturated heterocycles. The number of benzene rings is 1. The van der Waals surface area contributed by atoms with Crippen LogP contribution in [0, 0.1) is 0 Å². The van der Waals surface area contributed by atoms with Gasteiger partial charge in [-0.15, -0.1) is 16.4 Å². The van der Waals surface area contributed by atoms with E-state index < -0.39 is 6.10 Å². The van der Waals surface area contributed by atoms with Crippen LogP contribution in [0.1, 0.15) is 41.1 Å². The lowest BCUT2D eigenvalue weighted by molar-refractivity contribution is 0.208. The maximum atomic E-state index is 11.2. The third-order valence-corrected chi connectivity index (χ3v) is 6.47. The lowest BCUT2D eigenvalue weighted by Crippen LogP contribution is -2.06. The normalized spacial score (nSPS) is 15.5. The largest absolute Gasteiger partial charge is 0.380 e. The standard InChI is InChI=1S/C20H16N6OS/c27-19(18-20(12-6-7-12)28-17-9-21-11-25(17)18)15-10-26(24-23-15)16-5-1-4-14-13(16)3-2-8-22-14/h1-5,8-12,19,27H,6-7H2. The Balaban J connectivity index is 1.45. The Morgan fingerprint density at radius 3 is 3.00 bits per heavy atom. The number of nitrogens with zero attached hydrogens (tertiary/aromatic N) is 6. The molecule has 6 rings (SSSR count). The molecule has 1 atom stereocenters. The molecule has 0 amide bonds. The number of aliphatic hydroxyl groups is 1. The van der Waals surface area contributed by atoms with Gasteiger partial charge in [0.1, 0.15) is 23.0 Å². The number of hydrogen-bond donors (Lipinski definition) is 1. The van der Waals surface area contributed by atoms with Crippen molar-refractivity contribution in [1.29, 1.82) is 0 Å². The average Bonchev–Trinajstić information content (AvgIpc) is 3.14. The summed E-state index contributed by atoms with van der Waals surface area (Å²) in [5, 5.41) is 20.7. The number of pyridine rings is 1. The molecule has 5 aromatic rings. The van der Waals surface area contributed by atoms with E-state index >= 15 is 0 Å². The highest BCUT2D eigenvalue weighted by Crippen LogP contribution is 2.47. The topological polar surface area (TPSA) is 81.1 Å². The number of imidazole rings is 1. The van der Waals surface area contributed by atoms with Gasteiger partial charge in [0.05, 0.1) is 29.3 Å². The molecular weight excluding hydrogens is 372 g/mol. The third kappa shape index (κ3) is 2.38. The minimum Gasteiger partial charge on any atom is -0.380 e. The second-order valence-electron chi connectivity index (χ2n) is 7.07. The van der Waals surface area contributed by atoms with Crippen LogP contribution < -0.4 is 0 Å². The Kier molecular flexibility index (Phi) is 3.38. The summed E-state index contributed by atoms with van der Waals surface area (Å²) in [7, 11) is 0. The van der Waals surface area contributed by atoms with Crippen molar-refractivity contribution >= 4 is 27.1 Å². The Morgan fingerprint density at radius 2 is 2.11 bits per heavy atom. The van der Waals surface area contributed by atoms with Gasteiger partial charge in [-0.25, -0.2) is 9.67 Å². The SMILES string of the molecule is OC(c1cn(-c2cccc3ncccc23)nn1)c1c(C2CC2)sc2cncn12. The van der Waals surface area contributed by atoms with Crippen LogP contribution in [0.15, 0.2) is 55.2 Å². The van der Waals surface area contributed by atoms with Gasteiger partial charge in [0.15, 0.2) is 0 Å². The quantitative estimate of drug-likeness (QED) is 0.510. The Labute approximate surface area is 163 Å². The second-order valence-corrected chi connectivity index (χ2v) is 8.13. The van der Waals surface area contributed by atoms with Gasteiger partial charge in [-0.1, -0.05) is 11.3 Å². The van der Waals surface area contributed by atoms with E-state index in [1.165, 1.54) is 17.7 Å². The number of hydrogen-bond acceptors (Lipinski definition) is 6. The number of aliphatic hydroxyl groups excluding tert-OH is 1. The molecule has 7 nitrogen and oxygen atoms in total. The molecule has 8 heteroatoms. The van der Waals surface area contributed by atoms with E-state index in [0.717, 1.165) is 27.1 Å². The average molecular weight is 388 g/mol. The van der Waals surface area contributed by atoms with E-state index in [0.29, 0.717) is 11.6 Å². The van der Waals surface area contributed by atoms with Gasteiger partial charge >= 0.3 is 0 Å². The third-order valence-electron chi connectivity index (χ3n) is 5.20. The zero-order chi connectivity index (χ0) is 18.7. The number of thiazole rings is 1. The van der Waals surface area contributed by atoms with Crippen molar-refractivity contribution < 1.29 is 5.11 Å². The first-order chi connectivity index (χ1) is 13.8. The van der Waals surface area contributed by atoms with Crippen molar-refractivity contribution in [2.75, 3.05) is 0 Å². The van der Waals surface area contributed by atoms with Crippen molar-refractivity contribution in [3.63, 3.8) is 0 Å². The van der Waals surface area contributed by atoms with Crippen molar-refractivity contribution in [3.05, 3.63) is 71.5 Å². The predicted octanol–water partition coefficient (Wildman–Crippen LogP) is 3.48. The zero-order valence-electron chi connectivity index (χ0n) is 14.8. The highest BCUT2D eigenvalue weighted by Gasteiger charge is 2.33. The summed E-state index contributed by atoms with van der Waals surface area (Å²) in [6.07, 6.45) is 8.67. The molecule has 0 aliphatic heterocycles. The van der Waals surface area contributed by atoms with E-state index in [4.69, 9.17) is 0 Å². The monoisotopic (exact) mass is 388 g/mol. The number of fused-ring (bicyclic) bond motifs is 2. The molecule has 1 fully saturated rings. The summed E-state index contributed by atoms with van der Waals surface area (Å²) >= 11 is 1.71. The molecule has 1 saturated carbocycles. The number of aromatic nitrogens is 6. The fourth-order valence-electron chi connectivity index (χ4n) is 3.67. The van der Waals surface area contributed by atoms with Crippen molar-refractivity contribution in [3.8, 4) is 5.69 Å². The van der Waals surface area contributed by atoms with Gasteiger partial charge in [-0.2, -0.15) is 0 Å². The van der Waals surface area contributed by atoms with E-state index in [1.54, 1.807) is 34.7 Å². The molecule has 1 aliphatic rings. The summed E-state index contributed by atoms with van der Waals surface area (Å²) in [5.74, 6) is 0.536. The molecule has 0 spiro atoms. The predicted molar refractivity (Wildman–Crippen MR) is 106 cm³/mol. The van der Waals surface area contributed by atoms with Crippen LogP contribution in [0.3, 0.4) is 0 Å². The van der Waals surface area contributed by atoms with E-state index in [2.05, 4.69) is 20.3 Å². The highest BCUT2D eigenvalue weighted by molar-refractivity contribution is 7.17. The summed E-state index contributed by atoms with van der Waals surface area (Å²) in [4.78, 5) is 10.9. The first-order valence-electron chi connectivity index (χ1n) is 9.18. The van der Waals surface area contributed by atoms with Crippen LogP contribution >= 0.6 is 11.3 Å². The van der Waals surface area contributed by atoms with Gasteiger partial charge in [-0.05, 0) is 43.0 Å². The molecule has 1 N–H and O–H groups in total. The fourth-order valence-corrected chi connectivity index (χ4v) is 4.97. The Hall–Kier alpha value is -3.10. The maximum Gasteiger partial charge on any atom is 0.141 e. The maximum absolute atomic E-state index is 11.2. The molecule has 28 heavy (non-hydrogen) atoms. The van der Waals surface area contributed by atoms with E-state index in [1.807, 2.05) is 40.9 Å². The van der Waals surface area contributed by atoms with Crippen LogP contribution in [0.2, 0.25) is 0 Å². The molecular formula is C20H16N6OS. The van der Waals surface area contributed by atoms with Crippen LogP contribution in [0.25, 0.3) is 21.4 Å². The molecule has 1 unspecified atom stereocenters. The summed E-state index contributed by atoms with van der Waals surface area (Å²) in [6, 6.07) is 9.80. The number of rotatable bonds is 4. The lowest BCUT2D eigenvalue weighted by atomic mass is 10.1. The Bertz CT molecular complexity index is 1310. The first kappa shape index (κ1) is 15.9. The molecule has 4 heterocycles. The van der Waals surface area contributed by atoms with Crippen LogP contribution in [0.5, 0.6) is 0 Å². The zero-order valence-corrected chi connectivity index (χ0v) is 15.6. The summed E-state index contributed by atoms with van der Waals surface area (Å²) in [6.45, 7) is 0. The molecule has 138 valence electrons. The highest BCUT2D eigenvalue weighted by atomic mass is 32.1. The van der Waals surface area contributed by atoms with Gasteiger partial charge in [-0.3, -0.25) is 9.38 Å². The van der Waals surface area contributed by atoms with Crippen molar-refractivity contribution in [2.45, 2.75) is 24.9 Å². The summed E-state index contributed by atoms with van der Waals surface area (Å²) < 4.78 is 3.68. The van der Waals surface area contributed by atoms with Crippen LogP contribution in [-0.4, -0.2) is 34.5 Å². The van der Waals surface area contributed by atoms with E-state index in [9.17, 15) is 5.11 Å². The summed E-state index contributed by atoms with van der Waals surface area (Å²) in [5.41, 5.74) is 3.17. The van der Waals surface area contributed by atoms with Gasteiger partial charge < -0.3 is 5.11 Å². The first-order valence-corrected chi connectivity index (χ1v) is 10.0. The van der Waals surface area contributed by atoms with Crippen molar-refractivity contribution in [2.24, 2.45) is 0 Å². The van der Waals surface area contributed by atoms with Gasteiger partial charge in [0, 0.05) is 16.5 Å². The lowest BCUT2D eigenvalue weighted by Gasteiger charge is -2.09. The van der Waals surface area contributed by atoms with Gasteiger partial charge in [0.25, 0.3) is 0 Å². The minimum absolute atomic E-state index is 0.524.